The Morgan fingerprint density at radius 2 is 1.88 bits per heavy atom. The molecule has 2 heterocycles. The first-order valence-electron chi connectivity index (χ1n) is 7.27. The fraction of sp³-hybridized carbons (Fsp3) is 0.188. The highest BCUT2D eigenvalue weighted by molar-refractivity contribution is 6.30. The van der Waals surface area contributed by atoms with Crippen LogP contribution in [0.25, 0.3) is 10.9 Å². The Labute approximate surface area is 150 Å². The van der Waals surface area contributed by atoms with E-state index in [-0.39, 0.29) is 41.2 Å². The number of aromatic nitrogens is 4. The SMILES string of the molecule is N#CCCc1nc(C(F)(F)F)nc2cccc(Oc3ncc(Cl)cn3)c12. The van der Waals surface area contributed by atoms with E-state index < -0.39 is 12.0 Å². The second kappa shape index (κ2) is 7.09. The molecular weight excluding hydrogens is 371 g/mol. The molecule has 6 nitrogen and oxygen atoms in total. The maximum absolute atomic E-state index is 13.0. The van der Waals surface area contributed by atoms with Gasteiger partial charge in [-0.2, -0.15) is 18.4 Å². The van der Waals surface area contributed by atoms with Crippen LogP contribution < -0.4 is 4.74 Å². The standard InChI is InChI=1S/C16H9ClF3N5O/c17-9-7-22-15(23-8-9)26-12-5-1-3-10-13(12)11(4-2-6-21)25-14(24-10)16(18,19)20/h1,3,5,7-8H,2,4H2. The zero-order valence-electron chi connectivity index (χ0n) is 13.0. The van der Waals surface area contributed by atoms with Crippen molar-refractivity contribution in [3.8, 4) is 17.8 Å². The van der Waals surface area contributed by atoms with Crippen LogP contribution in [0.1, 0.15) is 17.9 Å². The van der Waals surface area contributed by atoms with Gasteiger partial charge in [-0.25, -0.2) is 19.9 Å². The molecule has 0 saturated carbocycles. The fourth-order valence-electron chi connectivity index (χ4n) is 2.24. The molecule has 0 bridgehead atoms. The van der Waals surface area contributed by atoms with Crippen molar-refractivity contribution in [3.63, 3.8) is 0 Å². The highest BCUT2D eigenvalue weighted by atomic mass is 35.5. The number of hydrogen-bond donors (Lipinski definition) is 0. The molecule has 132 valence electrons. The maximum Gasteiger partial charge on any atom is 0.451 e. The number of rotatable bonds is 4. The summed E-state index contributed by atoms with van der Waals surface area (Å²) >= 11 is 5.71. The normalized spacial score (nSPS) is 11.3. The summed E-state index contributed by atoms with van der Waals surface area (Å²) in [7, 11) is 0. The van der Waals surface area contributed by atoms with Gasteiger partial charge in [-0.15, -0.1) is 0 Å². The van der Waals surface area contributed by atoms with Gasteiger partial charge < -0.3 is 4.74 Å². The largest absolute Gasteiger partial charge is 0.451 e. The molecule has 0 aliphatic heterocycles. The van der Waals surface area contributed by atoms with E-state index >= 15 is 0 Å². The van der Waals surface area contributed by atoms with Gasteiger partial charge in [0.1, 0.15) is 5.75 Å². The molecule has 0 amide bonds. The quantitative estimate of drug-likeness (QED) is 0.670. The molecular formula is C16H9ClF3N5O. The predicted octanol–water partition coefficient (Wildman–Crippen LogP) is 4.34. The third-order valence-corrected chi connectivity index (χ3v) is 3.48. The lowest BCUT2D eigenvalue weighted by Gasteiger charge is -2.13. The van der Waals surface area contributed by atoms with Crippen LogP contribution in [-0.4, -0.2) is 19.9 Å². The van der Waals surface area contributed by atoms with Crippen molar-refractivity contribution in [2.75, 3.05) is 0 Å². The summed E-state index contributed by atoms with van der Waals surface area (Å²) in [6, 6.07) is 6.30. The molecule has 0 unspecified atom stereocenters. The van der Waals surface area contributed by atoms with Crippen LogP contribution in [0, 0.1) is 11.3 Å². The van der Waals surface area contributed by atoms with E-state index in [1.807, 2.05) is 6.07 Å². The van der Waals surface area contributed by atoms with Crippen LogP contribution >= 0.6 is 11.6 Å². The van der Waals surface area contributed by atoms with Gasteiger partial charge in [0.25, 0.3) is 0 Å². The molecule has 1 aromatic carbocycles. The topological polar surface area (TPSA) is 84.6 Å². The van der Waals surface area contributed by atoms with Crippen molar-refractivity contribution in [1.82, 2.24) is 19.9 Å². The van der Waals surface area contributed by atoms with Crippen LogP contribution in [-0.2, 0) is 12.6 Å². The molecule has 0 aliphatic carbocycles. The second-order valence-corrected chi connectivity index (χ2v) is 5.52. The summed E-state index contributed by atoms with van der Waals surface area (Å²) in [5.41, 5.74) is 0.111. The third kappa shape index (κ3) is 3.81. The second-order valence-electron chi connectivity index (χ2n) is 5.09. The average molecular weight is 380 g/mol. The number of aryl methyl sites for hydroxylation is 1. The molecule has 2 aromatic heterocycles. The number of halogens is 4. The number of hydrogen-bond acceptors (Lipinski definition) is 6. The maximum atomic E-state index is 13.0. The number of nitriles is 1. The van der Waals surface area contributed by atoms with Crippen molar-refractivity contribution in [1.29, 1.82) is 5.26 Å². The van der Waals surface area contributed by atoms with E-state index in [4.69, 9.17) is 21.6 Å². The van der Waals surface area contributed by atoms with E-state index in [2.05, 4.69) is 19.9 Å². The molecule has 0 N–H and O–H groups in total. The average Bonchev–Trinajstić information content (AvgIpc) is 2.60. The van der Waals surface area contributed by atoms with Crippen LogP contribution in [0.15, 0.2) is 30.6 Å². The summed E-state index contributed by atoms with van der Waals surface area (Å²) < 4.78 is 44.7. The zero-order valence-corrected chi connectivity index (χ0v) is 13.7. The van der Waals surface area contributed by atoms with Crippen LogP contribution in [0.2, 0.25) is 5.02 Å². The van der Waals surface area contributed by atoms with Crippen molar-refractivity contribution in [2.45, 2.75) is 19.0 Å². The molecule has 0 spiro atoms. The first kappa shape index (κ1) is 17.8. The van der Waals surface area contributed by atoms with Gasteiger partial charge in [0.05, 0.1) is 40.1 Å². The smallest absolute Gasteiger partial charge is 0.424 e. The van der Waals surface area contributed by atoms with Crippen molar-refractivity contribution >= 4 is 22.5 Å². The van der Waals surface area contributed by atoms with Crippen LogP contribution in [0.4, 0.5) is 13.2 Å². The molecule has 0 fully saturated rings. The lowest BCUT2D eigenvalue weighted by Crippen LogP contribution is -2.13. The van der Waals surface area contributed by atoms with E-state index in [9.17, 15) is 13.2 Å². The third-order valence-electron chi connectivity index (χ3n) is 3.29. The van der Waals surface area contributed by atoms with Gasteiger partial charge >= 0.3 is 12.2 Å². The van der Waals surface area contributed by atoms with Gasteiger partial charge in [0.15, 0.2) is 0 Å². The summed E-state index contributed by atoms with van der Waals surface area (Å²) in [6.45, 7) is 0. The molecule has 0 aliphatic rings. The summed E-state index contributed by atoms with van der Waals surface area (Å²) in [5, 5.41) is 9.36. The molecule has 26 heavy (non-hydrogen) atoms. The first-order valence-corrected chi connectivity index (χ1v) is 7.65. The summed E-state index contributed by atoms with van der Waals surface area (Å²) in [5.74, 6) is -1.08. The summed E-state index contributed by atoms with van der Waals surface area (Å²) in [4.78, 5) is 14.9. The minimum Gasteiger partial charge on any atom is -0.424 e. The Bertz CT molecular complexity index is 986. The van der Waals surface area contributed by atoms with Crippen molar-refractivity contribution in [2.24, 2.45) is 0 Å². The van der Waals surface area contributed by atoms with Gasteiger partial charge in [-0.3, -0.25) is 0 Å². The van der Waals surface area contributed by atoms with Gasteiger partial charge in [0, 0.05) is 12.8 Å². The predicted molar refractivity (Wildman–Crippen MR) is 85.6 cm³/mol. The number of fused-ring (bicyclic) bond motifs is 1. The van der Waals surface area contributed by atoms with E-state index in [0.29, 0.717) is 5.02 Å². The van der Waals surface area contributed by atoms with Crippen molar-refractivity contribution in [3.05, 3.63) is 47.1 Å². The number of nitrogens with zero attached hydrogens (tertiary/aromatic N) is 5. The number of ether oxygens (including phenoxy) is 1. The Balaban J connectivity index is 2.14. The monoisotopic (exact) mass is 379 g/mol. The molecule has 10 heteroatoms. The van der Waals surface area contributed by atoms with Crippen LogP contribution in [0.5, 0.6) is 11.8 Å². The molecule has 0 radical (unpaired) electrons. The Morgan fingerprint density at radius 3 is 2.54 bits per heavy atom. The molecule has 0 atom stereocenters. The lowest BCUT2D eigenvalue weighted by molar-refractivity contribution is -0.144. The zero-order chi connectivity index (χ0) is 18.7. The number of benzene rings is 1. The molecule has 0 saturated heterocycles. The first-order chi connectivity index (χ1) is 12.4. The van der Waals surface area contributed by atoms with E-state index in [0.717, 1.165) is 0 Å². The highest BCUT2D eigenvalue weighted by Crippen LogP contribution is 2.34. The minimum absolute atomic E-state index is 0.00477. The summed E-state index contributed by atoms with van der Waals surface area (Å²) in [6.07, 6.45) is -2.05. The highest BCUT2D eigenvalue weighted by Gasteiger charge is 2.35. The number of alkyl halides is 3. The van der Waals surface area contributed by atoms with Gasteiger partial charge in [-0.05, 0) is 12.1 Å². The van der Waals surface area contributed by atoms with E-state index in [1.54, 1.807) is 0 Å². The minimum atomic E-state index is -4.70. The lowest BCUT2D eigenvalue weighted by atomic mass is 10.1. The molecule has 3 rings (SSSR count). The van der Waals surface area contributed by atoms with Crippen LogP contribution in [0.3, 0.4) is 0 Å². The van der Waals surface area contributed by atoms with Gasteiger partial charge in [-0.1, -0.05) is 17.7 Å². The Hall–Kier alpha value is -2.99. The molecule has 3 aromatic rings. The fourth-order valence-corrected chi connectivity index (χ4v) is 2.34. The van der Waals surface area contributed by atoms with Crippen molar-refractivity contribution < 1.29 is 17.9 Å². The Kier molecular flexibility index (Phi) is 4.86. The Morgan fingerprint density at radius 1 is 1.15 bits per heavy atom. The van der Waals surface area contributed by atoms with E-state index in [1.165, 1.54) is 30.6 Å². The van der Waals surface area contributed by atoms with Gasteiger partial charge in [0.2, 0.25) is 5.82 Å².